The van der Waals surface area contributed by atoms with Gasteiger partial charge >= 0.3 is 0 Å². The second-order valence-electron chi connectivity index (χ2n) is 7.80. The van der Waals surface area contributed by atoms with Crippen LogP contribution in [0.25, 0.3) is 16.5 Å². The van der Waals surface area contributed by atoms with Crippen LogP contribution < -0.4 is 10.2 Å². The summed E-state index contributed by atoms with van der Waals surface area (Å²) in [6, 6.07) is 6.48. The summed E-state index contributed by atoms with van der Waals surface area (Å²) in [5, 5.41) is 3.05. The summed E-state index contributed by atoms with van der Waals surface area (Å²) in [7, 11) is 0. The van der Waals surface area contributed by atoms with Crippen LogP contribution in [0.5, 0.6) is 0 Å². The van der Waals surface area contributed by atoms with E-state index in [0.717, 1.165) is 5.56 Å². The molecule has 5 heterocycles. The summed E-state index contributed by atoms with van der Waals surface area (Å²) in [5.41, 5.74) is 3.41. The van der Waals surface area contributed by atoms with Crippen molar-refractivity contribution in [3.8, 4) is 0 Å². The van der Waals surface area contributed by atoms with E-state index >= 15 is 0 Å². The minimum Gasteiger partial charge on any atom is -0.464 e. The zero-order valence-corrected chi connectivity index (χ0v) is 16.9. The monoisotopic (exact) mass is 438 g/mol. The Morgan fingerprint density at radius 3 is 2.82 bits per heavy atom. The molecule has 0 saturated heterocycles. The number of carbonyl (C=O) groups is 4. The molecule has 3 aromatic rings. The topological polar surface area (TPSA) is 122 Å². The number of furan rings is 1. The van der Waals surface area contributed by atoms with E-state index in [1.165, 1.54) is 18.7 Å². The molecule has 160 valence electrons. The van der Waals surface area contributed by atoms with Crippen molar-refractivity contribution in [3.05, 3.63) is 77.6 Å². The molecule has 2 aromatic heterocycles. The Hall–Kier alpha value is -4.66. The average Bonchev–Trinajstić information content (AvgIpc) is 3.48. The predicted octanol–water partition coefficient (Wildman–Crippen LogP) is 1.71. The molecule has 0 aliphatic carbocycles. The first kappa shape index (κ1) is 19.1. The summed E-state index contributed by atoms with van der Waals surface area (Å²) >= 11 is 0. The van der Waals surface area contributed by atoms with Gasteiger partial charge < -0.3 is 9.32 Å². The normalized spacial score (nSPS) is 19.0. The van der Waals surface area contributed by atoms with Crippen molar-refractivity contribution in [2.75, 3.05) is 4.90 Å². The van der Waals surface area contributed by atoms with Gasteiger partial charge in [-0.15, -0.1) is 0 Å². The number of Topliss-reactive ketones (excluding diaryl/α,β-unsaturated/α-hetero) is 1. The minimum absolute atomic E-state index is 0.0933. The number of carbonyl (C=O) groups excluding carboxylic acids is 4. The van der Waals surface area contributed by atoms with E-state index in [-0.39, 0.29) is 16.9 Å². The first-order chi connectivity index (χ1) is 16.1. The number of imide groups is 1. The third-order valence-electron chi connectivity index (χ3n) is 6.05. The third kappa shape index (κ3) is 2.65. The molecule has 1 aromatic carbocycles. The average molecular weight is 438 g/mol. The lowest BCUT2D eigenvalue weighted by Gasteiger charge is -2.21. The van der Waals surface area contributed by atoms with E-state index in [1.807, 2.05) is 6.07 Å². The number of nitrogens with one attached hydrogen (secondary N) is 1. The molecule has 2 amide bonds. The molecule has 9 nitrogen and oxygen atoms in total. The number of pyridine rings is 1. The Balaban J connectivity index is 1.59. The summed E-state index contributed by atoms with van der Waals surface area (Å²) in [4.78, 5) is 59.7. The van der Waals surface area contributed by atoms with E-state index in [9.17, 15) is 19.2 Å². The molecule has 0 fully saturated rings. The fourth-order valence-corrected chi connectivity index (χ4v) is 4.66. The highest BCUT2D eigenvalue weighted by Gasteiger charge is 2.41. The summed E-state index contributed by atoms with van der Waals surface area (Å²) in [5.74, 6) is -1.71. The van der Waals surface area contributed by atoms with E-state index in [4.69, 9.17) is 4.42 Å². The van der Waals surface area contributed by atoms with E-state index in [2.05, 4.69) is 15.3 Å². The summed E-state index contributed by atoms with van der Waals surface area (Å²) in [6.45, 7) is 0. The zero-order chi connectivity index (χ0) is 22.7. The van der Waals surface area contributed by atoms with Gasteiger partial charge in [0, 0.05) is 47.7 Å². The van der Waals surface area contributed by atoms with Crippen LogP contribution in [0, 0.1) is 0 Å². The molecule has 9 heteroatoms. The number of aliphatic imine (C=N–C) groups is 1. The van der Waals surface area contributed by atoms with Crippen molar-refractivity contribution in [3.63, 3.8) is 0 Å². The third-order valence-corrected chi connectivity index (χ3v) is 6.05. The predicted molar refractivity (Wildman–Crippen MR) is 117 cm³/mol. The number of hydrogen-bond donors (Lipinski definition) is 1. The van der Waals surface area contributed by atoms with Gasteiger partial charge in [-0.3, -0.25) is 34.5 Å². The zero-order valence-electron chi connectivity index (χ0n) is 16.9. The molecule has 3 aliphatic rings. The number of aldehydes is 1. The Bertz CT molecular complexity index is 1510. The highest BCUT2D eigenvalue weighted by Crippen LogP contribution is 2.40. The molecule has 33 heavy (non-hydrogen) atoms. The number of ketones is 1. The maximum atomic E-state index is 13.0. The van der Waals surface area contributed by atoms with E-state index in [1.54, 1.807) is 35.5 Å². The van der Waals surface area contributed by atoms with Gasteiger partial charge in [0.15, 0.2) is 6.29 Å². The molecule has 0 saturated carbocycles. The number of amides is 2. The van der Waals surface area contributed by atoms with Crippen LogP contribution in [0.4, 0.5) is 5.69 Å². The number of rotatable bonds is 4. The van der Waals surface area contributed by atoms with Gasteiger partial charge in [-0.2, -0.15) is 0 Å². The van der Waals surface area contributed by atoms with Crippen LogP contribution in [0.15, 0.2) is 70.3 Å². The second kappa shape index (κ2) is 6.92. The van der Waals surface area contributed by atoms with E-state index in [0.29, 0.717) is 40.5 Å². The van der Waals surface area contributed by atoms with Crippen molar-refractivity contribution >= 4 is 51.8 Å². The summed E-state index contributed by atoms with van der Waals surface area (Å²) in [6.07, 6.45) is 8.31. The second-order valence-corrected chi connectivity index (χ2v) is 7.80. The molecule has 0 bridgehead atoms. The van der Waals surface area contributed by atoms with Gasteiger partial charge in [-0.25, -0.2) is 0 Å². The van der Waals surface area contributed by atoms with Gasteiger partial charge in [0.25, 0.3) is 11.8 Å². The Labute approximate surface area is 186 Å². The number of aromatic nitrogens is 1. The number of benzene rings is 1. The largest absolute Gasteiger partial charge is 0.464 e. The molecule has 0 radical (unpaired) electrons. The molecule has 1 unspecified atom stereocenters. The summed E-state index contributed by atoms with van der Waals surface area (Å²) < 4.78 is 5.58. The quantitative estimate of drug-likeness (QED) is 0.374. The fourth-order valence-electron chi connectivity index (χ4n) is 4.66. The smallest absolute Gasteiger partial charge is 0.261 e. The van der Waals surface area contributed by atoms with Crippen molar-refractivity contribution in [1.82, 2.24) is 10.3 Å². The number of hydrogen-bond acceptors (Lipinski definition) is 8. The maximum Gasteiger partial charge on any atom is 0.261 e. The Morgan fingerprint density at radius 2 is 1.97 bits per heavy atom. The molecular weight excluding hydrogens is 424 g/mol. The fraction of sp³-hybridized carbons (Fsp3) is 0.0833. The molecule has 1 atom stereocenters. The van der Waals surface area contributed by atoms with Gasteiger partial charge in [0.1, 0.15) is 11.6 Å². The highest BCUT2D eigenvalue weighted by molar-refractivity contribution is 6.48. The number of fused-ring (bicyclic) bond motifs is 1. The SMILES string of the molecule is O=CC(=O)C1Cc2cccc3c2N1C=CN=C3C1=C(c2cncc3ccoc23)C(=O)NC1=O. The highest BCUT2D eigenvalue weighted by atomic mass is 16.3. The first-order valence-electron chi connectivity index (χ1n) is 10.1. The van der Waals surface area contributed by atoms with Crippen molar-refractivity contribution < 1.29 is 23.6 Å². The van der Waals surface area contributed by atoms with Crippen molar-refractivity contribution in [2.24, 2.45) is 4.99 Å². The van der Waals surface area contributed by atoms with Crippen molar-refractivity contribution in [1.29, 1.82) is 0 Å². The van der Waals surface area contributed by atoms with Crippen LogP contribution in [-0.4, -0.2) is 40.6 Å². The Morgan fingerprint density at radius 1 is 1.12 bits per heavy atom. The standard InChI is InChI=1S/C24H14N4O5/c29-11-17(30)16-8-12-2-1-3-14-20(26-5-6-28(16)21(12)14)19-18(23(31)27-24(19)32)15-10-25-9-13-4-7-33-22(13)15/h1-7,9-11,16H,8H2,(H,27,31,32). The van der Waals surface area contributed by atoms with Gasteiger partial charge in [-0.05, 0) is 11.6 Å². The Kier molecular flexibility index (Phi) is 4.00. The van der Waals surface area contributed by atoms with Crippen LogP contribution in [-0.2, 0) is 25.6 Å². The van der Waals surface area contributed by atoms with Crippen LogP contribution >= 0.6 is 0 Å². The van der Waals surface area contributed by atoms with Gasteiger partial charge in [-0.1, -0.05) is 18.2 Å². The minimum atomic E-state index is -0.682. The first-order valence-corrected chi connectivity index (χ1v) is 10.1. The molecular formula is C24H14N4O5. The molecule has 6 rings (SSSR count). The van der Waals surface area contributed by atoms with Crippen molar-refractivity contribution in [2.45, 2.75) is 12.5 Å². The molecule has 3 aliphatic heterocycles. The van der Waals surface area contributed by atoms with Crippen LogP contribution in [0.3, 0.4) is 0 Å². The molecule has 1 N–H and O–H groups in total. The van der Waals surface area contributed by atoms with Crippen LogP contribution in [0.2, 0.25) is 0 Å². The van der Waals surface area contributed by atoms with E-state index < -0.39 is 23.6 Å². The number of para-hydroxylation sites is 1. The van der Waals surface area contributed by atoms with Gasteiger partial charge in [0.2, 0.25) is 5.78 Å². The lowest BCUT2D eigenvalue weighted by Crippen LogP contribution is -2.36. The number of anilines is 1. The maximum absolute atomic E-state index is 13.0. The lowest BCUT2D eigenvalue weighted by molar-refractivity contribution is -0.130. The number of nitrogens with zero attached hydrogens (tertiary/aromatic N) is 3. The van der Waals surface area contributed by atoms with Gasteiger partial charge in [0.05, 0.1) is 28.8 Å². The lowest BCUT2D eigenvalue weighted by atomic mass is 9.93. The van der Waals surface area contributed by atoms with Crippen LogP contribution in [0.1, 0.15) is 16.7 Å². The molecule has 0 spiro atoms.